The maximum absolute atomic E-state index is 15.6. The van der Waals surface area contributed by atoms with Crippen molar-refractivity contribution >= 4 is 83.1 Å². The van der Waals surface area contributed by atoms with Crippen molar-refractivity contribution in [3.05, 3.63) is 146 Å². The lowest BCUT2D eigenvalue weighted by molar-refractivity contribution is 0.592. The first-order chi connectivity index (χ1) is 21.2. The standard InChI is InChI=1S/C38H24N3OP/c42-43(27-11-2-1-3-12-27,28-18-21-34-26(23-28)10-8-22-39-34)29-17-20-32-33(24-29)31-19-16-25-9-4-5-13-30(25)37(31)41-36-15-7-6-14-35(36)40-38(32)41/h1-24H. The van der Waals surface area contributed by atoms with Gasteiger partial charge in [0.1, 0.15) is 5.65 Å². The predicted molar refractivity (Wildman–Crippen MR) is 180 cm³/mol. The Bertz CT molecular complexity index is 2610. The summed E-state index contributed by atoms with van der Waals surface area (Å²) in [6.07, 6.45) is 1.79. The maximum atomic E-state index is 15.6. The number of benzene rings is 6. The summed E-state index contributed by atoms with van der Waals surface area (Å²) in [5, 5.41) is 8.88. The molecular weight excluding hydrogens is 545 g/mol. The molecule has 0 bridgehead atoms. The van der Waals surface area contributed by atoms with Crippen LogP contribution in [0.2, 0.25) is 0 Å². The highest BCUT2D eigenvalue weighted by molar-refractivity contribution is 7.85. The molecule has 3 aromatic heterocycles. The number of aromatic nitrogens is 3. The smallest absolute Gasteiger partial charge is 0.171 e. The van der Waals surface area contributed by atoms with Crippen LogP contribution in [0.3, 0.4) is 0 Å². The quantitative estimate of drug-likeness (QED) is 0.159. The molecule has 0 aliphatic carbocycles. The number of rotatable bonds is 3. The number of hydrogen-bond acceptors (Lipinski definition) is 3. The minimum Gasteiger partial charge on any atom is -0.309 e. The van der Waals surface area contributed by atoms with Crippen LogP contribution >= 0.6 is 7.14 Å². The van der Waals surface area contributed by atoms with Gasteiger partial charge in [0.2, 0.25) is 0 Å². The van der Waals surface area contributed by atoms with Gasteiger partial charge in [-0.3, -0.25) is 9.38 Å². The van der Waals surface area contributed by atoms with Crippen molar-refractivity contribution in [3.63, 3.8) is 0 Å². The molecule has 9 rings (SSSR count). The highest BCUT2D eigenvalue weighted by Gasteiger charge is 2.31. The van der Waals surface area contributed by atoms with Gasteiger partial charge in [-0.1, -0.05) is 91.0 Å². The molecule has 0 N–H and O–H groups in total. The van der Waals surface area contributed by atoms with E-state index in [9.17, 15) is 0 Å². The minimum absolute atomic E-state index is 0.793. The fourth-order valence-electron chi connectivity index (χ4n) is 6.64. The van der Waals surface area contributed by atoms with E-state index in [0.29, 0.717) is 0 Å². The first kappa shape index (κ1) is 24.3. The van der Waals surface area contributed by atoms with Crippen molar-refractivity contribution < 1.29 is 4.57 Å². The van der Waals surface area contributed by atoms with Crippen molar-refractivity contribution in [2.45, 2.75) is 0 Å². The Morgan fingerprint density at radius 2 is 1.26 bits per heavy atom. The summed E-state index contributed by atoms with van der Waals surface area (Å²) in [4.78, 5) is 9.63. The van der Waals surface area contributed by atoms with Crippen molar-refractivity contribution in [2.24, 2.45) is 0 Å². The zero-order valence-electron chi connectivity index (χ0n) is 23.1. The summed E-state index contributed by atoms with van der Waals surface area (Å²) in [6, 6.07) is 47.3. The minimum atomic E-state index is -3.25. The molecule has 0 radical (unpaired) electrons. The summed E-state index contributed by atoms with van der Waals surface area (Å²) in [7, 11) is -3.25. The fourth-order valence-corrected chi connectivity index (χ4v) is 9.32. The number of pyridine rings is 2. The van der Waals surface area contributed by atoms with Gasteiger partial charge in [-0.05, 0) is 59.3 Å². The summed E-state index contributed by atoms with van der Waals surface area (Å²) >= 11 is 0. The van der Waals surface area contributed by atoms with E-state index in [4.69, 9.17) is 4.98 Å². The van der Waals surface area contributed by atoms with Crippen molar-refractivity contribution in [1.82, 2.24) is 14.4 Å². The van der Waals surface area contributed by atoms with Crippen LogP contribution in [0.5, 0.6) is 0 Å². The van der Waals surface area contributed by atoms with E-state index in [-0.39, 0.29) is 0 Å². The number of para-hydroxylation sites is 2. The van der Waals surface area contributed by atoms with Crippen LogP contribution < -0.4 is 15.9 Å². The zero-order chi connectivity index (χ0) is 28.5. The number of fused-ring (bicyclic) bond motifs is 11. The summed E-state index contributed by atoms with van der Waals surface area (Å²) in [5.41, 5.74) is 4.92. The molecule has 4 nitrogen and oxygen atoms in total. The molecule has 202 valence electrons. The molecule has 1 atom stereocenters. The Morgan fingerprint density at radius 1 is 0.512 bits per heavy atom. The molecule has 0 saturated carbocycles. The van der Waals surface area contributed by atoms with Crippen LogP contribution in [0.15, 0.2) is 146 Å². The van der Waals surface area contributed by atoms with Gasteiger partial charge >= 0.3 is 0 Å². The molecule has 0 aliphatic rings. The Hall–Kier alpha value is -5.31. The van der Waals surface area contributed by atoms with E-state index in [0.717, 1.165) is 70.6 Å². The molecule has 0 amide bonds. The molecule has 6 aromatic carbocycles. The van der Waals surface area contributed by atoms with Crippen molar-refractivity contribution in [3.8, 4) is 0 Å². The normalized spacial score (nSPS) is 13.4. The fraction of sp³-hybridized carbons (Fsp3) is 0. The van der Waals surface area contributed by atoms with Gasteiger partial charge in [0.05, 0.1) is 22.1 Å². The highest BCUT2D eigenvalue weighted by Crippen LogP contribution is 2.45. The molecule has 43 heavy (non-hydrogen) atoms. The summed E-state index contributed by atoms with van der Waals surface area (Å²) in [6.45, 7) is 0. The second-order valence-corrected chi connectivity index (χ2v) is 13.8. The second kappa shape index (κ2) is 9.09. The second-order valence-electron chi connectivity index (χ2n) is 11.0. The Balaban J connectivity index is 1.43. The maximum Gasteiger partial charge on any atom is 0.171 e. The third kappa shape index (κ3) is 3.48. The van der Waals surface area contributed by atoms with Crippen LogP contribution in [-0.4, -0.2) is 14.4 Å². The molecule has 0 aliphatic heterocycles. The van der Waals surface area contributed by atoms with E-state index < -0.39 is 7.14 Å². The molecule has 5 heteroatoms. The van der Waals surface area contributed by atoms with Gasteiger partial charge in [-0.15, -0.1) is 0 Å². The lowest BCUT2D eigenvalue weighted by Crippen LogP contribution is -2.25. The Labute approximate surface area is 247 Å². The molecule has 9 aromatic rings. The van der Waals surface area contributed by atoms with E-state index in [1.165, 1.54) is 5.39 Å². The topological polar surface area (TPSA) is 47.3 Å². The lowest BCUT2D eigenvalue weighted by Gasteiger charge is -2.21. The summed E-state index contributed by atoms with van der Waals surface area (Å²) < 4.78 is 17.9. The van der Waals surface area contributed by atoms with Gasteiger partial charge < -0.3 is 4.57 Å². The van der Waals surface area contributed by atoms with Gasteiger partial charge in [0.25, 0.3) is 0 Å². The van der Waals surface area contributed by atoms with Crippen LogP contribution in [-0.2, 0) is 4.57 Å². The van der Waals surface area contributed by atoms with Crippen molar-refractivity contribution in [1.29, 1.82) is 0 Å². The number of hydrogen-bond donors (Lipinski definition) is 0. The molecule has 0 fully saturated rings. The third-order valence-corrected chi connectivity index (χ3v) is 11.7. The van der Waals surface area contributed by atoms with Crippen LogP contribution in [0.4, 0.5) is 0 Å². The predicted octanol–water partition coefficient (Wildman–Crippen LogP) is 8.13. The largest absolute Gasteiger partial charge is 0.309 e. The summed E-state index contributed by atoms with van der Waals surface area (Å²) in [5.74, 6) is 0. The number of imidazole rings is 1. The Morgan fingerprint density at radius 3 is 2.19 bits per heavy atom. The molecular formula is C38H24N3OP. The van der Waals surface area contributed by atoms with E-state index in [1.807, 2.05) is 72.8 Å². The first-order valence-corrected chi connectivity index (χ1v) is 16.1. The van der Waals surface area contributed by atoms with E-state index >= 15 is 4.57 Å². The first-order valence-electron chi connectivity index (χ1n) is 14.4. The van der Waals surface area contributed by atoms with Gasteiger partial charge in [0.15, 0.2) is 7.14 Å². The molecule has 3 heterocycles. The highest BCUT2D eigenvalue weighted by atomic mass is 31.2. The van der Waals surface area contributed by atoms with E-state index in [1.54, 1.807) is 6.20 Å². The van der Waals surface area contributed by atoms with E-state index in [2.05, 4.69) is 76.1 Å². The van der Waals surface area contributed by atoms with Crippen LogP contribution in [0.1, 0.15) is 0 Å². The average molecular weight is 570 g/mol. The average Bonchev–Trinajstić information content (AvgIpc) is 3.47. The molecule has 1 unspecified atom stereocenters. The molecule has 0 saturated heterocycles. The van der Waals surface area contributed by atoms with Crippen LogP contribution in [0.25, 0.3) is 60.0 Å². The molecule has 0 spiro atoms. The SMILES string of the molecule is O=P(c1ccccc1)(c1ccc2ncccc2c1)c1ccc2c(c1)c1ccc3ccccc3c1n1c3ccccc3nc21. The third-order valence-electron chi connectivity index (χ3n) is 8.65. The van der Waals surface area contributed by atoms with Gasteiger partial charge in [-0.25, -0.2) is 4.98 Å². The number of nitrogens with zero attached hydrogens (tertiary/aromatic N) is 3. The monoisotopic (exact) mass is 569 g/mol. The van der Waals surface area contributed by atoms with Crippen molar-refractivity contribution in [2.75, 3.05) is 0 Å². The van der Waals surface area contributed by atoms with Gasteiger partial charge in [0, 0.05) is 43.7 Å². The van der Waals surface area contributed by atoms with Crippen LogP contribution in [0, 0.1) is 0 Å². The van der Waals surface area contributed by atoms with Gasteiger partial charge in [-0.2, -0.15) is 0 Å². The lowest BCUT2D eigenvalue weighted by atomic mass is 10.0. The zero-order valence-corrected chi connectivity index (χ0v) is 23.9. The Kier molecular flexibility index (Phi) is 5.14.